The Balaban J connectivity index is 1.81. The van der Waals surface area contributed by atoms with Crippen molar-refractivity contribution in [2.24, 2.45) is 5.41 Å². The second-order valence-corrected chi connectivity index (χ2v) is 5.91. The lowest BCUT2D eigenvalue weighted by atomic mass is 9.74. The summed E-state index contributed by atoms with van der Waals surface area (Å²) in [6.07, 6.45) is 6.35. The summed E-state index contributed by atoms with van der Waals surface area (Å²) in [5.41, 5.74) is 1.71. The van der Waals surface area contributed by atoms with Crippen molar-refractivity contribution in [2.75, 3.05) is 25.6 Å². The van der Waals surface area contributed by atoms with Crippen LogP contribution in [0.3, 0.4) is 0 Å². The number of esters is 1. The van der Waals surface area contributed by atoms with Gasteiger partial charge in [0, 0.05) is 12.0 Å². The van der Waals surface area contributed by atoms with Gasteiger partial charge in [0.1, 0.15) is 5.75 Å². The summed E-state index contributed by atoms with van der Waals surface area (Å²) in [7, 11) is 1.40. The topological polar surface area (TPSA) is 47.6 Å². The molecule has 4 heteroatoms. The van der Waals surface area contributed by atoms with E-state index in [2.05, 4.69) is 5.32 Å². The van der Waals surface area contributed by atoms with Crippen molar-refractivity contribution >= 4 is 11.7 Å². The van der Waals surface area contributed by atoms with Gasteiger partial charge >= 0.3 is 5.97 Å². The SMILES string of the molecule is COC(=O)c1ccc2c(c1)NCC1(CCCCC1)CO2. The van der Waals surface area contributed by atoms with Crippen molar-refractivity contribution in [3.05, 3.63) is 23.8 Å². The summed E-state index contributed by atoms with van der Waals surface area (Å²) in [6, 6.07) is 5.44. The minimum absolute atomic E-state index is 0.253. The number of ether oxygens (including phenoxy) is 2. The van der Waals surface area contributed by atoms with Crippen molar-refractivity contribution in [3.8, 4) is 5.75 Å². The van der Waals surface area contributed by atoms with E-state index >= 15 is 0 Å². The van der Waals surface area contributed by atoms with Crippen LogP contribution < -0.4 is 10.1 Å². The number of nitrogens with one attached hydrogen (secondary N) is 1. The molecule has 0 radical (unpaired) electrons. The van der Waals surface area contributed by atoms with Gasteiger partial charge in [-0.3, -0.25) is 0 Å². The number of rotatable bonds is 1. The maximum absolute atomic E-state index is 11.6. The number of carbonyl (C=O) groups excluding carboxylic acids is 1. The molecule has 1 heterocycles. The van der Waals surface area contributed by atoms with Gasteiger partial charge in [0.2, 0.25) is 0 Å². The molecule has 0 amide bonds. The highest BCUT2D eigenvalue weighted by Gasteiger charge is 2.35. The van der Waals surface area contributed by atoms with Crippen LogP contribution in [0.15, 0.2) is 18.2 Å². The van der Waals surface area contributed by atoms with Gasteiger partial charge in [-0.15, -0.1) is 0 Å². The zero-order chi connectivity index (χ0) is 14.0. The third kappa shape index (κ3) is 2.47. The first-order valence-corrected chi connectivity index (χ1v) is 7.32. The molecule has 1 aliphatic heterocycles. The smallest absolute Gasteiger partial charge is 0.337 e. The molecule has 108 valence electrons. The lowest BCUT2D eigenvalue weighted by molar-refractivity contribution is 0.0600. The maximum Gasteiger partial charge on any atom is 0.337 e. The van der Waals surface area contributed by atoms with Crippen LogP contribution >= 0.6 is 0 Å². The fourth-order valence-corrected chi connectivity index (χ4v) is 3.23. The van der Waals surface area contributed by atoms with E-state index < -0.39 is 0 Å². The lowest BCUT2D eigenvalue weighted by Gasteiger charge is -2.35. The van der Waals surface area contributed by atoms with Crippen molar-refractivity contribution in [1.82, 2.24) is 0 Å². The summed E-state index contributed by atoms with van der Waals surface area (Å²) in [6.45, 7) is 1.69. The first-order chi connectivity index (χ1) is 9.72. The average Bonchev–Trinajstić information content (AvgIpc) is 2.67. The molecule has 1 N–H and O–H groups in total. The summed E-state index contributed by atoms with van der Waals surface area (Å²) in [5.74, 6) is 0.520. The van der Waals surface area contributed by atoms with E-state index in [0.29, 0.717) is 5.56 Å². The minimum atomic E-state index is -0.314. The molecule has 0 unspecified atom stereocenters. The Bertz CT molecular complexity index is 506. The van der Waals surface area contributed by atoms with Crippen molar-refractivity contribution in [2.45, 2.75) is 32.1 Å². The van der Waals surface area contributed by atoms with Crippen LogP contribution in [0, 0.1) is 5.41 Å². The predicted octanol–water partition coefficient (Wildman–Crippen LogP) is 3.23. The highest BCUT2D eigenvalue weighted by atomic mass is 16.5. The molecule has 4 nitrogen and oxygen atoms in total. The van der Waals surface area contributed by atoms with Gasteiger partial charge in [0.05, 0.1) is 25.0 Å². The first kappa shape index (κ1) is 13.3. The summed E-state index contributed by atoms with van der Waals surface area (Å²) >= 11 is 0. The number of anilines is 1. The minimum Gasteiger partial charge on any atom is -0.491 e. The highest BCUT2D eigenvalue weighted by Crippen LogP contribution is 2.40. The quantitative estimate of drug-likeness (QED) is 0.799. The summed E-state index contributed by atoms with van der Waals surface area (Å²) in [4.78, 5) is 11.6. The maximum atomic E-state index is 11.6. The fourth-order valence-electron chi connectivity index (χ4n) is 3.23. The third-order valence-corrected chi connectivity index (χ3v) is 4.50. The summed E-state index contributed by atoms with van der Waals surface area (Å²) in [5, 5.41) is 3.47. The van der Waals surface area contributed by atoms with Gasteiger partial charge in [0.25, 0.3) is 0 Å². The van der Waals surface area contributed by atoms with E-state index in [1.165, 1.54) is 39.2 Å². The molecule has 1 saturated carbocycles. The molecule has 0 bridgehead atoms. The molecule has 2 aliphatic rings. The van der Waals surface area contributed by atoms with E-state index in [1.807, 2.05) is 12.1 Å². The monoisotopic (exact) mass is 275 g/mol. The van der Waals surface area contributed by atoms with Gasteiger partial charge in [-0.1, -0.05) is 19.3 Å². The number of hydrogen-bond acceptors (Lipinski definition) is 4. The molecule has 1 aliphatic carbocycles. The molecule has 20 heavy (non-hydrogen) atoms. The van der Waals surface area contributed by atoms with Crippen LogP contribution in [-0.4, -0.2) is 26.2 Å². The Hall–Kier alpha value is -1.71. The van der Waals surface area contributed by atoms with Crippen LogP contribution in [0.1, 0.15) is 42.5 Å². The number of methoxy groups -OCH3 is 1. The molecular weight excluding hydrogens is 254 g/mol. The molecule has 0 saturated heterocycles. The van der Waals surface area contributed by atoms with E-state index in [1.54, 1.807) is 6.07 Å². The second kappa shape index (κ2) is 5.35. The average molecular weight is 275 g/mol. The Morgan fingerprint density at radius 2 is 2.10 bits per heavy atom. The normalized spacial score (nSPS) is 20.2. The number of hydrogen-bond donors (Lipinski definition) is 1. The molecular formula is C16H21NO3. The van der Waals surface area contributed by atoms with Gasteiger partial charge in [-0.05, 0) is 31.0 Å². The third-order valence-electron chi connectivity index (χ3n) is 4.50. The van der Waals surface area contributed by atoms with Crippen molar-refractivity contribution in [1.29, 1.82) is 0 Å². The Morgan fingerprint density at radius 3 is 2.85 bits per heavy atom. The first-order valence-electron chi connectivity index (χ1n) is 7.32. The zero-order valence-electron chi connectivity index (χ0n) is 11.9. The number of fused-ring (bicyclic) bond motifs is 1. The Labute approximate surface area is 119 Å². The van der Waals surface area contributed by atoms with Gasteiger partial charge in [-0.2, -0.15) is 0 Å². The van der Waals surface area contributed by atoms with E-state index in [9.17, 15) is 4.79 Å². The van der Waals surface area contributed by atoms with Gasteiger partial charge < -0.3 is 14.8 Å². The molecule has 3 rings (SSSR count). The predicted molar refractivity (Wildman–Crippen MR) is 77.3 cm³/mol. The number of benzene rings is 1. The standard InChI is InChI=1S/C16H21NO3/c1-19-15(18)12-5-6-14-13(9-12)17-10-16(11-20-14)7-3-2-4-8-16/h5-6,9,17H,2-4,7-8,10-11H2,1H3. The lowest BCUT2D eigenvalue weighted by Crippen LogP contribution is -2.36. The largest absolute Gasteiger partial charge is 0.491 e. The second-order valence-electron chi connectivity index (χ2n) is 5.91. The van der Waals surface area contributed by atoms with Crippen LogP contribution in [0.5, 0.6) is 5.75 Å². The molecule has 0 atom stereocenters. The van der Waals surface area contributed by atoms with E-state index in [0.717, 1.165) is 24.6 Å². The molecule has 1 aromatic carbocycles. The molecule has 1 spiro atoms. The zero-order valence-corrected chi connectivity index (χ0v) is 11.9. The Morgan fingerprint density at radius 1 is 1.30 bits per heavy atom. The van der Waals surface area contributed by atoms with Crippen LogP contribution in [0.4, 0.5) is 5.69 Å². The fraction of sp³-hybridized carbons (Fsp3) is 0.562. The van der Waals surface area contributed by atoms with E-state index in [-0.39, 0.29) is 11.4 Å². The van der Waals surface area contributed by atoms with Crippen LogP contribution in [0.25, 0.3) is 0 Å². The van der Waals surface area contributed by atoms with Gasteiger partial charge in [0.15, 0.2) is 0 Å². The van der Waals surface area contributed by atoms with Crippen molar-refractivity contribution in [3.63, 3.8) is 0 Å². The molecule has 0 aromatic heterocycles. The van der Waals surface area contributed by atoms with Gasteiger partial charge in [-0.25, -0.2) is 4.79 Å². The number of carbonyl (C=O) groups is 1. The van der Waals surface area contributed by atoms with Crippen LogP contribution in [-0.2, 0) is 4.74 Å². The molecule has 1 fully saturated rings. The van der Waals surface area contributed by atoms with Crippen LogP contribution in [0.2, 0.25) is 0 Å². The van der Waals surface area contributed by atoms with Crippen molar-refractivity contribution < 1.29 is 14.3 Å². The van der Waals surface area contributed by atoms with E-state index in [4.69, 9.17) is 9.47 Å². The Kier molecular flexibility index (Phi) is 3.55. The highest BCUT2D eigenvalue weighted by molar-refractivity contribution is 5.91. The molecule has 1 aromatic rings. The summed E-state index contributed by atoms with van der Waals surface area (Å²) < 4.78 is 10.8.